The monoisotopic (exact) mass is 373 g/mol. The van der Waals surface area contributed by atoms with E-state index in [0.29, 0.717) is 29.2 Å². The number of aromatic carboxylic acids is 1. The molecule has 1 saturated carbocycles. The molecule has 0 amide bonds. The second-order valence-electron chi connectivity index (χ2n) is 7.95. The predicted octanol–water partition coefficient (Wildman–Crippen LogP) is 3.14. The van der Waals surface area contributed by atoms with Crippen LogP contribution in [-0.4, -0.2) is 28.6 Å². The summed E-state index contributed by atoms with van der Waals surface area (Å²) in [5.74, 6) is -1.38. The first-order chi connectivity index (χ1) is 12.8. The fourth-order valence-electron chi connectivity index (χ4n) is 4.37. The van der Waals surface area contributed by atoms with Crippen LogP contribution in [0.4, 0.5) is 15.8 Å². The zero-order valence-electron chi connectivity index (χ0n) is 15.6. The highest BCUT2D eigenvalue weighted by molar-refractivity contribution is 5.98. The van der Waals surface area contributed by atoms with Crippen LogP contribution < -0.4 is 16.2 Å². The molecule has 7 heteroatoms. The van der Waals surface area contributed by atoms with Gasteiger partial charge in [-0.25, -0.2) is 9.18 Å². The van der Waals surface area contributed by atoms with E-state index in [1.54, 1.807) is 6.92 Å². The molecule has 4 rings (SSSR count). The summed E-state index contributed by atoms with van der Waals surface area (Å²) in [6, 6.07) is 0. The lowest BCUT2D eigenvalue weighted by Crippen LogP contribution is -2.38. The van der Waals surface area contributed by atoms with E-state index in [4.69, 9.17) is 5.73 Å². The van der Waals surface area contributed by atoms with E-state index in [9.17, 15) is 19.1 Å². The Morgan fingerprint density at radius 3 is 2.63 bits per heavy atom. The van der Waals surface area contributed by atoms with Crippen molar-refractivity contribution in [2.45, 2.75) is 45.4 Å². The summed E-state index contributed by atoms with van der Waals surface area (Å²) in [6.45, 7) is 5.26. The fourth-order valence-corrected chi connectivity index (χ4v) is 4.37. The van der Waals surface area contributed by atoms with Crippen molar-refractivity contribution >= 4 is 22.9 Å². The molecule has 0 aromatic carbocycles. The lowest BCUT2D eigenvalue weighted by atomic mass is 9.94. The van der Waals surface area contributed by atoms with Crippen LogP contribution in [0.25, 0.3) is 5.52 Å². The Morgan fingerprint density at radius 1 is 1.33 bits per heavy atom. The van der Waals surface area contributed by atoms with E-state index >= 15 is 0 Å². The molecule has 0 radical (unpaired) electrons. The first kappa shape index (κ1) is 17.8. The SMILES string of the molecule is Cc1c(N)c(F)cn2c(=O)c(C(=O)O)c(N3CCC[C@H](C)C3)c(C3CC3)c12. The van der Waals surface area contributed by atoms with Crippen LogP contribution in [0, 0.1) is 18.7 Å². The Bertz CT molecular complexity index is 1010. The number of hydrogen-bond acceptors (Lipinski definition) is 4. The predicted molar refractivity (Wildman–Crippen MR) is 102 cm³/mol. The van der Waals surface area contributed by atoms with Gasteiger partial charge in [-0.3, -0.25) is 9.20 Å². The normalized spacial score (nSPS) is 20.3. The van der Waals surface area contributed by atoms with Crippen molar-refractivity contribution in [3.63, 3.8) is 0 Å². The second kappa shape index (κ2) is 6.25. The lowest BCUT2D eigenvalue weighted by molar-refractivity contribution is 0.0695. The number of fused-ring (bicyclic) bond motifs is 1. The topological polar surface area (TPSA) is 88.0 Å². The lowest BCUT2D eigenvalue weighted by Gasteiger charge is -2.35. The minimum absolute atomic E-state index is 0.0114. The van der Waals surface area contributed by atoms with Gasteiger partial charge in [-0.15, -0.1) is 0 Å². The molecule has 3 N–H and O–H groups in total. The molecule has 27 heavy (non-hydrogen) atoms. The molecule has 6 nitrogen and oxygen atoms in total. The zero-order valence-corrected chi connectivity index (χ0v) is 15.6. The van der Waals surface area contributed by atoms with Gasteiger partial charge in [-0.1, -0.05) is 6.92 Å². The van der Waals surface area contributed by atoms with Crippen LogP contribution in [0.1, 0.15) is 60.0 Å². The smallest absolute Gasteiger partial charge is 0.343 e. The molecule has 2 fully saturated rings. The van der Waals surface area contributed by atoms with Crippen molar-refractivity contribution in [1.82, 2.24) is 4.40 Å². The number of carboxylic acids is 1. The molecule has 2 aromatic rings. The second-order valence-corrected chi connectivity index (χ2v) is 7.95. The van der Waals surface area contributed by atoms with E-state index < -0.39 is 17.3 Å². The van der Waals surface area contributed by atoms with E-state index in [1.807, 2.05) is 4.90 Å². The molecule has 2 aromatic heterocycles. The molecule has 144 valence electrons. The van der Waals surface area contributed by atoms with Gasteiger partial charge in [0.1, 0.15) is 5.56 Å². The van der Waals surface area contributed by atoms with Crippen molar-refractivity contribution in [3.05, 3.63) is 39.1 Å². The minimum Gasteiger partial charge on any atom is -0.477 e. The van der Waals surface area contributed by atoms with E-state index in [2.05, 4.69) is 6.92 Å². The molecule has 0 unspecified atom stereocenters. The third kappa shape index (κ3) is 2.76. The Labute approximate surface area is 156 Å². The third-order valence-electron chi connectivity index (χ3n) is 5.85. The van der Waals surface area contributed by atoms with Gasteiger partial charge in [-0.05, 0) is 50.0 Å². The van der Waals surface area contributed by atoms with Crippen molar-refractivity contribution in [3.8, 4) is 0 Å². The molecule has 1 aliphatic heterocycles. The molecule has 1 aliphatic carbocycles. The average molecular weight is 373 g/mol. The molecule has 0 spiro atoms. The summed E-state index contributed by atoms with van der Waals surface area (Å²) < 4.78 is 15.4. The van der Waals surface area contributed by atoms with E-state index in [1.165, 1.54) is 0 Å². The first-order valence-corrected chi connectivity index (χ1v) is 9.46. The van der Waals surface area contributed by atoms with Crippen LogP contribution in [0.15, 0.2) is 11.0 Å². The number of nitrogen functional groups attached to an aromatic ring is 1. The van der Waals surface area contributed by atoms with Crippen LogP contribution in [-0.2, 0) is 0 Å². The van der Waals surface area contributed by atoms with Crippen molar-refractivity contribution in [2.75, 3.05) is 23.7 Å². The number of nitrogens with two attached hydrogens (primary N) is 1. The number of rotatable bonds is 3. The number of aromatic nitrogens is 1. The number of aryl methyl sites for hydroxylation is 1. The summed E-state index contributed by atoms with van der Waals surface area (Å²) in [5.41, 5.74) is 7.40. The number of pyridine rings is 2. The maximum absolute atomic E-state index is 14.2. The first-order valence-electron chi connectivity index (χ1n) is 9.46. The largest absolute Gasteiger partial charge is 0.477 e. The summed E-state index contributed by atoms with van der Waals surface area (Å²) >= 11 is 0. The number of anilines is 2. The molecule has 0 bridgehead atoms. The number of carbonyl (C=O) groups is 1. The minimum atomic E-state index is -1.26. The molecule has 3 heterocycles. The third-order valence-corrected chi connectivity index (χ3v) is 5.85. The molecule has 2 aliphatic rings. The highest BCUT2D eigenvalue weighted by Gasteiger charge is 2.37. The molecular weight excluding hydrogens is 349 g/mol. The summed E-state index contributed by atoms with van der Waals surface area (Å²) in [4.78, 5) is 27.2. The van der Waals surface area contributed by atoms with E-state index in [0.717, 1.165) is 48.4 Å². The summed E-state index contributed by atoms with van der Waals surface area (Å²) in [6.07, 6.45) is 4.93. The van der Waals surface area contributed by atoms with Crippen molar-refractivity contribution in [2.24, 2.45) is 5.92 Å². The Hall–Kier alpha value is -2.57. The van der Waals surface area contributed by atoms with Gasteiger partial charge in [0, 0.05) is 18.7 Å². The van der Waals surface area contributed by atoms with Crippen molar-refractivity contribution < 1.29 is 14.3 Å². The number of nitrogens with zero attached hydrogens (tertiary/aromatic N) is 2. The molecular formula is C20H24FN3O3. The zero-order chi connectivity index (χ0) is 19.5. The van der Waals surface area contributed by atoms with Crippen LogP contribution in [0.5, 0.6) is 0 Å². The van der Waals surface area contributed by atoms with Gasteiger partial charge >= 0.3 is 5.97 Å². The van der Waals surface area contributed by atoms with Gasteiger partial charge in [0.25, 0.3) is 5.56 Å². The Balaban J connectivity index is 2.14. The molecule has 1 saturated heterocycles. The summed E-state index contributed by atoms with van der Waals surface area (Å²) in [5, 5.41) is 9.86. The van der Waals surface area contributed by atoms with Gasteiger partial charge in [0.05, 0.1) is 23.1 Å². The van der Waals surface area contributed by atoms with Gasteiger partial charge < -0.3 is 15.7 Å². The number of carboxylic acid groups (broad SMARTS) is 1. The van der Waals surface area contributed by atoms with Gasteiger partial charge in [0.2, 0.25) is 0 Å². The Kier molecular flexibility index (Phi) is 4.13. The van der Waals surface area contributed by atoms with Crippen LogP contribution >= 0.6 is 0 Å². The average Bonchev–Trinajstić information content (AvgIpc) is 3.44. The number of piperidine rings is 1. The van der Waals surface area contributed by atoms with Gasteiger partial charge in [-0.2, -0.15) is 0 Å². The fraction of sp³-hybridized carbons (Fsp3) is 0.500. The van der Waals surface area contributed by atoms with Crippen molar-refractivity contribution in [1.29, 1.82) is 0 Å². The molecule has 1 atom stereocenters. The van der Waals surface area contributed by atoms with Gasteiger partial charge in [0.15, 0.2) is 5.82 Å². The quantitative estimate of drug-likeness (QED) is 0.863. The Morgan fingerprint density at radius 2 is 2.04 bits per heavy atom. The number of halogens is 1. The summed E-state index contributed by atoms with van der Waals surface area (Å²) in [7, 11) is 0. The highest BCUT2D eigenvalue weighted by atomic mass is 19.1. The number of hydrogen-bond donors (Lipinski definition) is 2. The van der Waals surface area contributed by atoms with Crippen LogP contribution in [0.2, 0.25) is 0 Å². The van der Waals surface area contributed by atoms with E-state index in [-0.39, 0.29) is 17.2 Å². The maximum atomic E-state index is 14.2. The maximum Gasteiger partial charge on any atom is 0.343 e. The van der Waals surface area contributed by atoms with Crippen LogP contribution in [0.3, 0.4) is 0 Å². The standard InChI is InChI=1S/C20H24FN3O3/c1-10-4-3-7-23(8-10)18-14(12-5-6-12)17-11(2)16(22)13(21)9-24(17)19(25)15(18)20(26)27/h9-10,12H,3-8,22H2,1-2H3,(H,26,27)/t10-/m0/s1. The highest BCUT2D eigenvalue weighted by Crippen LogP contribution is 2.48.